The molecule has 3 rings (SSSR count). The number of hydrogen-bond acceptors (Lipinski definition) is 5. The molecule has 2 aromatic rings. The molecule has 0 aliphatic carbocycles. The van der Waals surface area contributed by atoms with Gasteiger partial charge in [-0.1, -0.05) is 24.4 Å². The van der Waals surface area contributed by atoms with Crippen LogP contribution in [0, 0.1) is 0 Å². The highest BCUT2D eigenvalue weighted by Gasteiger charge is 2.15. The first-order valence-electron chi connectivity index (χ1n) is 8.98. The molecule has 0 atom stereocenters. The molecule has 0 unspecified atom stereocenters. The van der Waals surface area contributed by atoms with Gasteiger partial charge < -0.3 is 15.0 Å². The zero-order valence-corrected chi connectivity index (χ0v) is 16.0. The van der Waals surface area contributed by atoms with Gasteiger partial charge in [0.05, 0.1) is 28.9 Å². The maximum Gasteiger partial charge on any atom is 0.337 e. The molecule has 1 aliphatic rings. The van der Waals surface area contributed by atoms with Gasteiger partial charge in [-0.05, 0) is 43.2 Å². The van der Waals surface area contributed by atoms with Crippen molar-refractivity contribution < 1.29 is 14.3 Å². The molecule has 1 amide bonds. The van der Waals surface area contributed by atoms with Crippen LogP contribution in [0.4, 0.5) is 11.5 Å². The molecule has 6 nitrogen and oxygen atoms in total. The van der Waals surface area contributed by atoms with Crippen molar-refractivity contribution in [1.82, 2.24) is 4.98 Å². The number of hydrogen-bond donors (Lipinski definition) is 1. The summed E-state index contributed by atoms with van der Waals surface area (Å²) >= 11 is 6.13. The van der Waals surface area contributed by atoms with E-state index in [0.717, 1.165) is 18.9 Å². The molecule has 142 valence electrons. The fourth-order valence-electron chi connectivity index (χ4n) is 3.07. The van der Waals surface area contributed by atoms with Gasteiger partial charge >= 0.3 is 5.97 Å². The highest BCUT2D eigenvalue weighted by Crippen LogP contribution is 2.24. The Labute approximate surface area is 163 Å². The summed E-state index contributed by atoms with van der Waals surface area (Å²) in [7, 11) is 1.30. The summed E-state index contributed by atoms with van der Waals surface area (Å²) in [5.74, 6) is 0.0543. The van der Waals surface area contributed by atoms with Crippen molar-refractivity contribution in [2.45, 2.75) is 25.7 Å². The number of pyridine rings is 1. The first-order valence-corrected chi connectivity index (χ1v) is 9.36. The van der Waals surface area contributed by atoms with Gasteiger partial charge in [0.15, 0.2) is 0 Å². The molecule has 1 fully saturated rings. The summed E-state index contributed by atoms with van der Waals surface area (Å²) in [4.78, 5) is 30.9. The molecule has 2 heterocycles. The lowest BCUT2D eigenvalue weighted by Gasteiger charge is -2.21. The van der Waals surface area contributed by atoms with Gasteiger partial charge in [-0.25, -0.2) is 9.78 Å². The van der Waals surface area contributed by atoms with Crippen LogP contribution in [-0.2, 0) is 4.74 Å². The van der Waals surface area contributed by atoms with Crippen molar-refractivity contribution in [3.8, 4) is 0 Å². The lowest BCUT2D eigenvalue weighted by molar-refractivity contribution is 0.0600. The van der Waals surface area contributed by atoms with Crippen molar-refractivity contribution in [3.05, 3.63) is 52.7 Å². The number of amides is 1. The van der Waals surface area contributed by atoms with E-state index in [1.54, 1.807) is 24.4 Å². The molecule has 1 N–H and O–H groups in total. The molecule has 1 aromatic carbocycles. The third-order valence-corrected chi connectivity index (χ3v) is 4.91. The predicted octanol–water partition coefficient (Wildman–Crippen LogP) is 4.15. The standard InChI is InChI=1S/C20H22ClN3O3/c1-27-20(26)14-6-8-16(21)17(12-14)23-19(25)15-7-9-18(22-13-15)24-10-4-2-3-5-11-24/h6-9,12-13H,2-5,10-11H2,1H3,(H,23,25). The Bertz CT molecular complexity index is 816. The average Bonchev–Trinajstić information content (AvgIpc) is 2.98. The maximum atomic E-state index is 12.5. The van der Waals surface area contributed by atoms with Gasteiger partial charge in [-0.15, -0.1) is 0 Å². The molecule has 0 bridgehead atoms. The summed E-state index contributed by atoms with van der Waals surface area (Å²) in [6, 6.07) is 8.20. The van der Waals surface area contributed by atoms with E-state index in [0.29, 0.717) is 21.8 Å². The summed E-state index contributed by atoms with van der Waals surface area (Å²) < 4.78 is 4.69. The SMILES string of the molecule is COC(=O)c1ccc(Cl)c(NC(=O)c2ccc(N3CCCCCC3)nc2)c1. The minimum atomic E-state index is -0.495. The number of nitrogens with one attached hydrogen (secondary N) is 1. The van der Waals surface area contributed by atoms with Crippen LogP contribution in [-0.4, -0.2) is 37.1 Å². The maximum absolute atomic E-state index is 12.5. The third-order valence-electron chi connectivity index (χ3n) is 4.58. The van der Waals surface area contributed by atoms with E-state index < -0.39 is 5.97 Å². The zero-order valence-electron chi connectivity index (χ0n) is 15.2. The highest BCUT2D eigenvalue weighted by atomic mass is 35.5. The number of esters is 1. The number of carbonyl (C=O) groups excluding carboxylic acids is 2. The second-order valence-electron chi connectivity index (χ2n) is 6.45. The van der Waals surface area contributed by atoms with Crippen LogP contribution in [0.2, 0.25) is 5.02 Å². The third kappa shape index (κ3) is 4.77. The molecule has 7 heteroatoms. The van der Waals surface area contributed by atoms with Crippen molar-refractivity contribution in [2.24, 2.45) is 0 Å². The van der Waals surface area contributed by atoms with Gasteiger partial charge in [-0.3, -0.25) is 4.79 Å². The first kappa shape index (κ1) is 19.2. The fraction of sp³-hybridized carbons (Fsp3) is 0.350. The molecule has 1 aromatic heterocycles. The number of nitrogens with zero attached hydrogens (tertiary/aromatic N) is 2. The molecule has 0 radical (unpaired) electrons. The van der Waals surface area contributed by atoms with Crippen LogP contribution in [0.1, 0.15) is 46.4 Å². The predicted molar refractivity (Wildman–Crippen MR) is 106 cm³/mol. The first-order chi connectivity index (χ1) is 13.1. The molecular weight excluding hydrogens is 366 g/mol. The quantitative estimate of drug-likeness (QED) is 0.798. The highest BCUT2D eigenvalue weighted by molar-refractivity contribution is 6.34. The number of anilines is 2. The lowest BCUT2D eigenvalue weighted by Crippen LogP contribution is -2.25. The molecular formula is C20H22ClN3O3. The number of aromatic nitrogens is 1. The van der Waals surface area contributed by atoms with Crippen molar-refractivity contribution in [1.29, 1.82) is 0 Å². The molecule has 0 spiro atoms. The Morgan fingerprint density at radius 2 is 1.78 bits per heavy atom. The van der Waals surface area contributed by atoms with Crippen LogP contribution in [0.3, 0.4) is 0 Å². The number of carbonyl (C=O) groups is 2. The van der Waals surface area contributed by atoms with Crippen LogP contribution in [0.5, 0.6) is 0 Å². The number of rotatable bonds is 4. The van der Waals surface area contributed by atoms with Crippen molar-refractivity contribution in [2.75, 3.05) is 30.4 Å². The van der Waals surface area contributed by atoms with Crippen molar-refractivity contribution >= 4 is 35.0 Å². The number of halogens is 1. The van der Waals surface area contributed by atoms with Crippen LogP contribution >= 0.6 is 11.6 Å². The number of benzene rings is 1. The van der Waals surface area contributed by atoms with Crippen molar-refractivity contribution in [3.63, 3.8) is 0 Å². The van der Waals surface area contributed by atoms with E-state index in [2.05, 4.69) is 15.2 Å². The fourth-order valence-corrected chi connectivity index (χ4v) is 3.23. The van der Waals surface area contributed by atoms with E-state index in [1.165, 1.54) is 38.9 Å². The number of methoxy groups -OCH3 is 1. The lowest BCUT2D eigenvalue weighted by atomic mass is 10.2. The second kappa shape index (κ2) is 8.86. The molecule has 1 aliphatic heterocycles. The Balaban J connectivity index is 1.72. The summed E-state index contributed by atoms with van der Waals surface area (Å²) in [5.41, 5.74) is 1.08. The smallest absolute Gasteiger partial charge is 0.337 e. The Hall–Kier alpha value is -2.60. The average molecular weight is 388 g/mol. The second-order valence-corrected chi connectivity index (χ2v) is 6.85. The van der Waals surface area contributed by atoms with Gasteiger partial charge in [0.1, 0.15) is 5.82 Å². The van der Waals surface area contributed by atoms with E-state index >= 15 is 0 Å². The van der Waals surface area contributed by atoms with Crippen LogP contribution in [0.25, 0.3) is 0 Å². The normalized spacial score (nSPS) is 14.4. The largest absolute Gasteiger partial charge is 0.465 e. The Morgan fingerprint density at radius 3 is 2.41 bits per heavy atom. The van der Waals surface area contributed by atoms with Crippen LogP contribution < -0.4 is 10.2 Å². The van der Waals surface area contributed by atoms with Crippen LogP contribution in [0.15, 0.2) is 36.5 Å². The van der Waals surface area contributed by atoms with E-state index in [9.17, 15) is 9.59 Å². The van der Waals surface area contributed by atoms with Gasteiger partial charge in [0.25, 0.3) is 5.91 Å². The topological polar surface area (TPSA) is 71.5 Å². The summed E-state index contributed by atoms with van der Waals surface area (Å²) in [5, 5.41) is 3.06. The minimum absolute atomic E-state index is 0.312. The summed E-state index contributed by atoms with van der Waals surface area (Å²) in [6.07, 6.45) is 6.40. The van der Waals surface area contributed by atoms with Gasteiger partial charge in [0, 0.05) is 19.3 Å². The monoisotopic (exact) mass is 387 g/mol. The molecule has 0 saturated carbocycles. The van der Waals surface area contributed by atoms with E-state index in [-0.39, 0.29) is 5.91 Å². The molecule has 27 heavy (non-hydrogen) atoms. The molecule has 1 saturated heterocycles. The van der Waals surface area contributed by atoms with E-state index in [1.807, 2.05) is 6.07 Å². The van der Waals surface area contributed by atoms with E-state index in [4.69, 9.17) is 16.3 Å². The number of ether oxygens (including phenoxy) is 1. The zero-order chi connectivity index (χ0) is 19.2. The minimum Gasteiger partial charge on any atom is -0.465 e. The Kier molecular flexibility index (Phi) is 6.29. The van der Waals surface area contributed by atoms with Gasteiger partial charge in [-0.2, -0.15) is 0 Å². The Morgan fingerprint density at radius 1 is 1.07 bits per heavy atom. The van der Waals surface area contributed by atoms with Gasteiger partial charge in [0.2, 0.25) is 0 Å². The summed E-state index contributed by atoms with van der Waals surface area (Å²) in [6.45, 7) is 1.99.